The van der Waals surface area contributed by atoms with Crippen molar-refractivity contribution in [2.45, 2.75) is 44.0 Å². The molecule has 1 atom stereocenters. The minimum absolute atomic E-state index is 0. The molecule has 2 heterocycles. The first-order chi connectivity index (χ1) is 12.3. The van der Waals surface area contributed by atoms with Crippen LogP contribution in [0.2, 0.25) is 0 Å². The van der Waals surface area contributed by atoms with E-state index in [-0.39, 0.29) is 30.3 Å². The number of rotatable bonds is 4. The molecule has 0 radical (unpaired) electrons. The van der Waals surface area contributed by atoms with Gasteiger partial charge >= 0.3 is 0 Å². The number of sulfonamides is 1. The van der Waals surface area contributed by atoms with E-state index < -0.39 is 10.0 Å². The Morgan fingerprint density at radius 3 is 2.37 bits per heavy atom. The Labute approximate surface area is 168 Å². The van der Waals surface area contributed by atoms with Crippen LogP contribution in [-0.2, 0) is 14.8 Å². The van der Waals surface area contributed by atoms with Gasteiger partial charge in [0.25, 0.3) is 0 Å². The lowest BCUT2D eigenvalue weighted by Crippen LogP contribution is -2.46. The highest BCUT2D eigenvalue weighted by molar-refractivity contribution is 7.89. The zero-order chi connectivity index (χ0) is 18.9. The molecule has 0 spiro atoms. The molecule has 2 saturated heterocycles. The van der Waals surface area contributed by atoms with Crippen LogP contribution < -0.4 is 5.32 Å². The van der Waals surface area contributed by atoms with Crippen molar-refractivity contribution in [3.8, 4) is 0 Å². The summed E-state index contributed by atoms with van der Waals surface area (Å²) in [6.07, 6.45) is 2.17. The Morgan fingerprint density at radius 1 is 1.15 bits per heavy atom. The van der Waals surface area contributed by atoms with Crippen molar-refractivity contribution in [1.82, 2.24) is 14.5 Å². The van der Waals surface area contributed by atoms with Gasteiger partial charge in [-0.3, -0.25) is 4.79 Å². The predicted molar refractivity (Wildman–Crippen MR) is 109 cm³/mol. The average molecular weight is 416 g/mol. The van der Waals surface area contributed by atoms with E-state index in [2.05, 4.69) is 5.32 Å². The monoisotopic (exact) mass is 415 g/mol. The van der Waals surface area contributed by atoms with Crippen LogP contribution in [0, 0.1) is 19.8 Å². The van der Waals surface area contributed by atoms with E-state index in [4.69, 9.17) is 0 Å². The molecule has 0 aromatic heterocycles. The Morgan fingerprint density at radius 2 is 1.81 bits per heavy atom. The fourth-order valence-corrected chi connectivity index (χ4v) is 5.36. The Bertz CT molecular complexity index is 770. The Balaban J connectivity index is 0.00000261. The number of aryl methyl sites for hydroxylation is 2. The van der Waals surface area contributed by atoms with Gasteiger partial charge in [-0.25, -0.2) is 8.42 Å². The fraction of sp³-hybridized carbons (Fsp3) is 0.632. The Kier molecular flexibility index (Phi) is 7.30. The van der Waals surface area contributed by atoms with Crippen molar-refractivity contribution in [2.75, 3.05) is 33.2 Å². The zero-order valence-electron chi connectivity index (χ0n) is 16.3. The van der Waals surface area contributed by atoms with Gasteiger partial charge in [0.15, 0.2) is 0 Å². The van der Waals surface area contributed by atoms with Crippen LogP contribution in [0.25, 0.3) is 0 Å². The number of likely N-dealkylation sites (N-methyl/N-ethyl adjacent to an activating group) is 1. The number of halogens is 1. The van der Waals surface area contributed by atoms with Gasteiger partial charge in [0.2, 0.25) is 15.9 Å². The number of nitrogens with zero attached hydrogens (tertiary/aromatic N) is 2. The molecule has 1 aromatic rings. The summed E-state index contributed by atoms with van der Waals surface area (Å²) >= 11 is 0. The lowest BCUT2D eigenvalue weighted by atomic mass is 9.96. The Hall–Kier alpha value is -1.15. The first-order valence-corrected chi connectivity index (χ1v) is 10.8. The molecule has 2 aliphatic heterocycles. The molecule has 0 saturated carbocycles. The first kappa shape index (κ1) is 22.1. The molecule has 27 heavy (non-hydrogen) atoms. The minimum atomic E-state index is -3.49. The van der Waals surface area contributed by atoms with Crippen molar-refractivity contribution in [1.29, 1.82) is 0 Å². The molecule has 1 N–H and O–H groups in total. The van der Waals surface area contributed by atoms with Crippen molar-refractivity contribution in [3.63, 3.8) is 0 Å². The molecule has 6 nitrogen and oxygen atoms in total. The topological polar surface area (TPSA) is 69.7 Å². The second-order valence-corrected chi connectivity index (χ2v) is 9.46. The molecule has 0 aliphatic carbocycles. The molecular formula is C19H30ClN3O3S. The van der Waals surface area contributed by atoms with Crippen molar-refractivity contribution >= 4 is 28.3 Å². The van der Waals surface area contributed by atoms with Crippen LogP contribution in [0.4, 0.5) is 0 Å². The van der Waals surface area contributed by atoms with Gasteiger partial charge in [0.1, 0.15) is 0 Å². The minimum Gasteiger partial charge on any atom is -0.341 e. The van der Waals surface area contributed by atoms with E-state index >= 15 is 0 Å². The van der Waals surface area contributed by atoms with Crippen LogP contribution in [-0.4, -0.2) is 62.8 Å². The van der Waals surface area contributed by atoms with Gasteiger partial charge in [0, 0.05) is 38.6 Å². The number of hydrogen-bond donors (Lipinski definition) is 1. The normalized spacial score (nSPS) is 21.7. The van der Waals surface area contributed by atoms with Crippen molar-refractivity contribution in [3.05, 3.63) is 29.3 Å². The van der Waals surface area contributed by atoms with Crippen LogP contribution in [0.15, 0.2) is 23.1 Å². The number of carbonyl (C=O) groups is 1. The number of hydrogen-bond acceptors (Lipinski definition) is 4. The van der Waals surface area contributed by atoms with Crippen molar-refractivity contribution < 1.29 is 13.2 Å². The number of carbonyl (C=O) groups excluding carboxylic acids is 1. The highest BCUT2D eigenvalue weighted by atomic mass is 35.5. The third-order valence-electron chi connectivity index (χ3n) is 5.85. The van der Waals surface area contributed by atoms with Gasteiger partial charge < -0.3 is 10.2 Å². The summed E-state index contributed by atoms with van der Waals surface area (Å²) in [6.45, 7) is 6.51. The third kappa shape index (κ3) is 4.65. The molecular weight excluding hydrogens is 386 g/mol. The van der Waals surface area contributed by atoms with Crippen LogP contribution >= 0.6 is 12.4 Å². The molecule has 1 aromatic carbocycles. The standard InChI is InChI=1S/C19H29N3O3S.ClH/c1-14-4-5-18(12-15(14)2)26(24,25)22-10-7-16(8-11-22)19(23)21(3)17-6-9-20-13-17;/h4-5,12,16-17,20H,6-11,13H2,1-3H3;1H. The van der Waals surface area contributed by atoms with E-state index in [1.165, 1.54) is 4.31 Å². The predicted octanol–water partition coefficient (Wildman–Crippen LogP) is 1.95. The smallest absolute Gasteiger partial charge is 0.243 e. The van der Waals surface area contributed by atoms with Gasteiger partial charge in [-0.15, -0.1) is 12.4 Å². The SMILES string of the molecule is Cc1ccc(S(=O)(=O)N2CCC(C(=O)N(C)C3CCNC3)CC2)cc1C.Cl. The summed E-state index contributed by atoms with van der Waals surface area (Å²) in [7, 11) is -1.61. The van der Waals surface area contributed by atoms with Gasteiger partial charge in [-0.2, -0.15) is 4.31 Å². The molecule has 2 aliphatic rings. The second-order valence-electron chi connectivity index (χ2n) is 7.52. The maximum Gasteiger partial charge on any atom is 0.243 e. The quantitative estimate of drug-likeness (QED) is 0.815. The van der Waals surface area contributed by atoms with Crippen LogP contribution in [0.1, 0.15) is 30.4 Å². The number of amides is 1. The average Bonchev–Trinajstić information content (AvgIpc) is 3.17. The van der Waals surface area contributed by atoms with Gasteiger partial charge in [-0.1, -0.05) is 6.07 Å². The summed E-state index contributed by atoms with van der Waals surface area (Å²) < 4.78 is 27.3. The summed E-state index contributed by atoms with van der Waals surface area (Å²) in [4.78, 5) is 14.9. The molecule has 8 heteroatoms. The number of nitrogens with one attached hydrogen (secondary N) is 1. The van der Waals surface area contributed by atoms with Crippen LogP contribution in [0.3, 0.4) is 0 Å². The van der Waals surface area contributed by atoms with E-state index in [0.29, 0.717) is 30.8 Å². The lowest BCUT2D eigenvalue weighted by molar-refractivity contribution is -0.137. The fourth-order valence-electron chi connectivity index (χ4n) is 3.80. The molecule has 0 bridgehead atoms. The largest absolute Gasteiger partial charge is 0.341 e. The first-order valence-electron chi connectivity index (χ1n) is 9.35. The lowest BCUT2D eigenvalue weighted by Gasteiger charge is -2.34. The molecule has 2 fully saturated rings. The molecule has 3 rings (SSSR count). The molecule has 152 valence electrons. The second kappa shape index (κ2) is 8.90. The summed E-state index contributed by atoms with van der Waals surface area (Å²) in [5, 5.41) is 3.28. The van der Waals surface area contributed by atoms with E-state index in [1.54, 1.807) is 12.1 Å². The van der Waals surface area contributed by atoms with Crippen molar-refractivity contribution in [2.24, 2.45) is 5.92 Å². The summed E-state index contributed by atoms with van der Waals surface area (Å²) in [5.41, 5.74) is 2.06. The van der Waals surface area contributed by atoms with E-state index in [0.717, 1.165) is 30.6 Å². The van der Waals surface area contributed by atoms with Crippen LogP contribution in [0.5, 0.6) is 0 Å². The molecule has 1 amide bonds. The zero-order valence-corrected chi connectivity index (χ0v) is 17.9. The number of piperidine rings is 1. The maximum absolute atomic E-state index is 12.9. The summed E-state index contributed by atoms with van der Waals surface area (Å²) in [6, 6.07) is 5.53. The highest BCUT2D eigenvalue weighted by Crippen LogP contribution is 2.26. The third-order valence-corrected chi connectivity index (χ3v) is 7.74. The van der Waals surface area contributed by atoms with Gasteiger partial charge in [0.05, 0.1) is 4.90 Å². The van der Waals surface area contributed by atoms with E-state index in [9.17, 15) is 13.2 Å². The van der Waals surface area contributed by atoms with E-state index in [1.807, 2.05) is 31.9 Å². The summed E-state index contributed by atoms with van der Waals surface area (Å²) in [5.74, 6) is 0.0775. The maximum atomic E-state index is 12.9. The highest BCUT2D eigenvalue weighted by Gasteiger charge is 2.35. The van der Waals surface area contributed by atoms with Gasteiger partial charge in [-0.05, 0) is 62.9 Å². The number of benzene rings is 1. The molecule has 1 unspecified atom stereocenters.